The Bertz CT molecular complexity index is 757. The van der Waals surface area contributed by atoms with E-state index in [1.54, 1.807) is 17.8 Å². The van der Waals surface area contributed by atoms with Gasteiger partial charge in [0.2, 0.25) is 0 Å². The highest BCUT2D eigenvalue weighted by Gasteiger charge is 2.18. The molecule has 3 rings (SSSR count). The number of aromatic nitrogens is 3. The van der Waals surface area contributed by atoms with Crippen LogP contribution in [0.5, 0.6) is 0 Å². The summed E-state index contributed by atoms with van der Waals surface area (Å²) in [6.45, 7) is 1.89. The van der Waals surface area contributed by atoms with Gasteiger partial charge in [0.15, 0.2) is 5.65 Å². The Morgan fingerprint density at radius 1 is 1.16 bits per heavy atom. The van der Waals surface area contributed by atoms with Crippen molar-refractivity contribution in [2.24, 2.45) is 7.05 Å². The van der Waals surface area contributed by atoms with E-state index >= 15 is 0 Å². The van der Waals surface area contributed by atoms with Crippen molar-refractivity contribution in [1.29, 1.82) is 0 Å². The Kier molecular flexibility index (Phi) is 2.55. The SMILES string of the molecule is Cc1cnc2c(c1)nc(-c1c(F)cccc1F)n2C. The molecule has 0 amide bonds. The van der Waals surface area contributed by atoms with Crippen molar-refractivity contribution in [3.63, 3.8) is 0 Å². The molecule has 19 heavy (non-hydrogen) atoms. The first-order chi connectivity index (χ1) is 9.08. The number of rotatable bonds is 1. The number of hydrogen-bond donors (Lipinski definition) is 0. The first kappa shape index (κ1) is 11.8. The summed E-state index contributed by atoms with van der Waals surface area (Å²) in [5.74, 6) is -1.02. The van der Waals surface area contributed by atoms with E-state index in [1.165, 1.54) is 18.2 Å². The number of fused-ring (bicyclic) bond motifs is 1. The summed E-state index contributed by atoms with van der Waals surface area (Å²) in [6, 6.07) is 5.61. The molecule has 0 aliphatic rings. The maximum Gasteiger partial charge on any atom is 0.160 e. The number of hydrogen-bond acceptors (Lipinski definition) is 2. The molecule has 0 radical (unpaired) electrons. The monoisotopic (exact) mass is 259 g/mol. The summed E-state index contributed by atoms with van der Waals surface area (Å²) in [4.78, 5) is 8.53. The molecule has 0 saturated heterocycles. The molecule has 2 aromatic heterocycles. The lowest BCUT2D eigenvalue weighted by molar-refractivity contribution is 0.586. The molecule has 2 heterocycles. The highest BCUT2D eigenvalue weighted by Crippen LogP contribution is 2.27. The zero-order chi connectivity index (χ0) is 13.6. The molecule has 0 aliphatic heterocycles. The van der Waals surface area contributed by atoms with Crippen molar-refractivity contribution in [3.05, 3.63) is 47.7 Å². The fourth-order valence-corrected chi connectivity index (χ4v) is 2.11. The Hall–Kier alpha value is -2.30. The topological polar surface area (TPSA) is 30.7 Å². The quantitative estimate of drug-likeness (QED) is 0.671. The summed E-state index contributed by atoms with van der Waals surface area (Å²) in [6.07, 6.45) is 1.70. The van der Waals surface area contributed by atoms with Gasteiger partial charge in [0, 0.05) is 13.2 Å². The lowest BCUT2D eigenvalue weighted by atomic mass is 10.2. The maximum atomic E-state index is 13.8. The fourth-order valence-electron chi connectivity index (χ4n) is 2.11. The van der Waals surface area contributed by atoms with Gasteiger partial charge in [-0.3, -0.25) is 0 Å². The van der Waals surface area contributed by atoms with Crippen LogP contribution in [0.15, 0.2) is 30.5 Å². The number of nitrogens with zero attached hydrogens (tertiary/aromatic N) is 3. The zero-order valence-electron chi connectivity index (χ0n) is 10.5. The summed E-state index contributed by atoms with van der Waals surface area (Å²) >= 11 is 0. The second kappa shape index (κ2) is 4.12. The zero-order valence-corrected chi connectivity index (χ0v) is 10.5. The van der Waals surface area contributed by atoms with Gasteiger partial charge in [-0.1, -0.05) is 6.07 Å². The maximum absolute atomic E-state index is 13.8. The van der Waals surface area contributed by atoms with E-state index in [0.717, 1.165) is 5.56 Å². The minimum absolute atomic E-state index is 0.124. The van der Waals surface area contributed by atoms with Gasteiger partial charge in [-0.05, 0) is 30.7 Å². The molecule has 0 unspecified atom stereocenters. The number of benzene rings is 1. The predicted octanol–water partition coefficient (Wildman–Crippen LogP) is 3.22. The van der Waals surface area contributed by atoms with Gasteiger partial charge < -0.3 is 4.57 Å². The Morgan fingerprint density at radius 3 is 2.53 bits per heavy atom. The lowest BCUT2D eigenvalue weighted by Gasteiger charge is -2.04. The van der Waals surface area contributed by atoms with E-state index in [4.69, 9.17) is 0 Å². The van der Waals surface area contributed by atoms with Crippen molar-refractivity contribution >= 4 is 11.2 Å². The van der Waals surface area contributed by atoms with Crippen LogP contribution < -0.4 is 0 Å². The first-order valence-electron chi connectivity index (χ1n) is 5.81. The average Bonchev–Trinajstić information content (AvgIpc) is 2.66. The van der Waals surface area contributed by atoms with Crippen LogP contribution in [0.25, 0.3) is 22.6 Å². The van der Waals surface area contributed by atoms with E-state index in [9.17, 15) is 8.78 Å². The molecule has 96 valence electrons. The van der Waals surface area contributed by atoms with Crippen molar-refractivity contribution in [3.8, 4) is 11.4 Å². The van der Waals surface area contributed by atoms with Gasteiger partial charge in [0.05, 0.1) is 5.56 Å². The van der Waals surface area contributed by atoms with Crippen LogP contribution in [0.1, 0.15) is 5.56 Å². The molecule has 5 heteroatoms. The van der Waals surface area contributed by atoms with E-state index < -0.39 is 11.6 Å². The van der Waals surface area contributed by atoms with Crippen molar-refractivity contribution in [2.75, 3.05) is 0 Å². The van der Waals surface area contributed by atoms with Gasteiger partial charge >= 0.3 is 0 Å². The molecule has 1 aromatic carbocycles. The van der Waals surface area contributed by atoms with Crippen LogP contribution in [0.3, 0.4) is 0 Å². The molecule has 0 fully saturated rings. The van der Waals surface area contributed by atoms with E-state index in [1.807, 2.05) is 13.0 Å². The van der Waals surface area contributed by atoms with E-state index in [2.05, 4.69) is 9.97 Å². The molecule has 3 aromatic rings. The number of imidazole rings is 1. The molecule has 0 spiro atoms. The molecule has 0 bridgehead atoms. The summed E-state index contributed by atoms with van der Waals surface area (Å²) in [5, 5.41) is 0. The summed E-state index contributed by atoms with van der Waals surface area (Å²) in [5.41, 5.74) is 2.05. The third-order valence-corrected chi connectivity index (χ3v) is 3.03. The van der Waals surface area contributed by atoms with Crippen molar-refractivity contribution in [1.82, 2.24) is 14.5 Å². The minimum Gasteiger partial charge on any atom is -0.312 e. The van der Waals surface area contributed by atoms with Crippen LogP contribution in [0.2, 0.25) is 0 Å². The summed E-state index contributed by atoms with van der Waals surface area (Å²) < 4.78 is 29.2. The van der Waals surface area contributed by atoms with Gasteiger partial charge in [-0.25, -0.2) is 18.7 Å². The standard InChI is InChI=1S/C14H11F2N3/c1-8-6-11-13(17-7-8)19(2)14(18-11)12-9(15)4-3-5-10(12)16/h3-7H,1-2H3. The smallest absolute Gasteiger partial charge is 0.160 e. The number of halogens is 2. The van der Waals surface area contributed by atoms with E-state index in [0.29, 0.717) is 11.2 Å². The average molecular weight is 259 g/mol. The Balaban J connectivity index is 2.34. The van der Waals surface area contributed by atoms with E-state index in [-0.39, 0.29) is 11.4 Å². The van der Waals surface area contributed by atoms with Crippen LogP contribution >= 0.6 is 0 Å². The van der Waals surface area contributed by atoms with Gasteiger partial charge in [0.1, 0.15) is 23.0 Å². The third-order valence-electron chi connectivity index (χ3n) is 3.03. The largest absolute Gasteiger partial charge is 0.312 e. The molecule has 0 atom stereocenters. The lowest BCUT2D eigenvalue weighted by Crippen LogP contribution is -1.98. The number of pyridine rings is 1. The van der Waals surface area contributed by atoms with Gasteiger partial charge in [-0.15, -0.1) is 0 Å². The molecule has 0 saturated carbocycles. The predicted molar refractivity (Wildman–Crippen MR) is 68.6 cm³/mol. The number of aryl methyl sites for hydroxylation is 2. The molecular weight excluding hydrogens is 248 g/mol. The molecule has 3 nitrogen and oxygen atoms in total. The second-order valence-electron chi connectivity index (χ2n) is 4.45. The van der Waals surface area contributed by atoms with Gasteiger partial charge in [-0.2, -0.15) is 0 Å². The highest BCUT2D eigenvalue weighted by molar-refractivity contribution is 5.77. The normalized spacial score (nSPS) is 11.2. The van der Waals surface area contributed by atoms with Crippen LogP contribution in [0.4, 0.5) is 8.78 Å². The van der Waals surface area contributed by atoms with Gasteiger partial charge in [0.25, 0.3) is 0 Å². The second-order valence-corrected chi connectivity index (χ2v) is 4.45. The van der Waals surface area contributed by atoms with Crippen molar-refractivity contribution in [2.45, 2.75) is 6.92 Å². The Morgan fingerprint density at radius 2 is 1.84 bits per heavy atom. The van der Waals surface area contributed by atoms with Crippen LogP contribution in [0, 0.1) is 18.6 Å². The minimum atomic E-state index is -0.630. The molecule has 0 aliphatic carbocycles. The molecular formula is C14H11F2N3. The van der Waals surface area contributed by atoms with Crippen molar-refractivity contribution < 1.29 is 8.78 Å². The molecule has 0 N–H and O–H groups in total. The van der Waals surface area contributed by atoms with Crippen LogP contribution in [-0.4, -0.2) is 14.5 Å². The third kappa shape index (κ3) is 1.78. The van der Waals surface area contributed by atoms with Crippen LogP contribution in [-0.2, 0) is 7.05 Å². The summed E-state index contributed by atoms with van der Waals surface area (Å²) in [7, 11) is 1.69. The first-order valence-corrected chi connectivity index (χ1v) is 5.81. The Labute approximate surface area is 108 Å². The fraction of sp³-hybridized carbons (Fsp3) is 0.143. The highest BCUT2D eigenvalue weighted by atomic mass is 19.1.